The van der Waals surface area contributed by atoms with Crippen molar-refractivity contribution < 1.29 is 9.47 Å². The summed E-state index contributed by atoms with van der Waals surface area (Å²) in [6.07, 6.45) is 1.58. The highest BCUT2D eigenvalue weighted by molar-refractivity contribution is 5.90. The summed E-state index contributed by atoms with van der Waals surface area (Å²) in [6, 6.07) is 5.30. The number of rotatable bonds is 4. The van der Waals surface area contributed by atoms with Gasteiger partial charge in [-0.15, -0.1) is 0 Å². The number of hydrogen-bond acceptors (Lipinski definition) is 4. The zero-order valence-corrected chi connectivity index (χ0v) is 11.0. The van der Waals surface area contributed by atoms with E-state index in [1.807, 2.05) is 6.07 Å². The van der Waals surface area contributed by atoms with Crippen molar-refractivity contribution in [2.24, 2.45) is 7.05 Å². The molecule has 19 heavy (non-hydrogen) atoms. The van der Waals surface area contributed by atoms with Crippen LogP contribution in [0.2, 0.25) is 0 Å². The molecule has 0 unspecified atom stereocenters. The van der Waals surface area contributed by atoms with Crippen LogP contribution in [0.25, 0.3) is 10.9 Å². The number of aryl methyl sites for hydroxylation is 1. The van der Waals surface area contributed by atoms with Gasteiger partial charge in [-0.25, -0.2) is 0 Å². The molecule has 0 aliphatic carbocycles. The van der Waals surface area contributed by atoms with Gasteiger partial charge >= 0.3 is 0 Å². The second-order valence-corrected chi connectivity index (χ2v) is 4.10. The van der Waals surface area contributed by atoms with E-state index in [2.05, 4.69) is 6.58 Å². The Kier molecular flexibility index (Phi) is 3.46. The van der Waals surface area contributed by atoms with E-state index in [0.717, 1.165) is 5.39 Å². The maximum atomic E-state index is 12.3. The van der Waals surface area contributed by atoms with Crippen molar-refractivity contribution in [3.05, 3.63) is 41.2 Å². The monoisotopic (exact) mass is 260 g/mol. The number of ether oxygens (including phenoxy) is 2. The summed E-state index contributed by atoms with van der Waals surface area (Å²) in [6.45, 7) is 3.81. The van der Waals surface area contributed by atoms with Crippen LogP contribution in [0.15, 0.2) is 35.6 Å². The molecule has 2 rings (SSSR count). The Morgan fingerprint density at radius 1 is 1.42 bits per heavy atom. The van der Waals surface area contributed by atoms with Gasteiger partial charge in [0.1, 0.15) is 6.61 Å². The number of pyridine rings is 1. The molecule has 0 bridgehead atoms. The first kappa shape index (κ1) is 13.0. The van der Waals surface area contributed by atoms with Gasteiger partial charge in [0.2, 0.25) is 5.75 Å². The van der Waals surface area contributed by atoms with Crippen molar-refractivity contribution in [1.82, 2.24) is 4.57 Å². The molecule has 2 N–H and O–H groups in total. The Hall–Kier alpha value is -2.43. The predicted octanol–water partition coefficient (Wildman–Crippen LogP) is 1.69. The first-order valence-corrected chi connectivity index (χ1v) is 5.80. The van der Waals surface area contributed by atoms with Gasteiger partial charge in [0, 0.05) is 18.1 Å². The van der Waals surface area contributed by atoms with Crippen molar-refractivity contribution in [3.8, 4) is 11.5 Å². The smallest absolute Gasteiger partial charge is 0.297 e. The summed E-state index contributed by atoms with van der Waals surface area (Å²) in [5.41, 5.74) is 6.77. The number of nitrogens with zero attached hydrogens (tertiary/aromatic N) is 1. The van der Waals surface area contributed by atoms with Crippen LogP contribution < -0.4 is 20.8 Å². The molecular formula is C14H16N2O3. The number of aromatic nitrogens is 1. The summed E-state index contributed by atoms with van der Waals surface area (Å²) in [4.78, 5) is 12.3. The molecule has 100 valence electrons. The first-order valence-electron chi connectivity index (χ1n) is 5.80. The first-order chi connectivity index (χ1) is 9.10. The Morgan fingerprint density at radius 3 is 2.79 bits per heavy atom. The second kappa shape index (κ2) is 5.06. The van der Waals surface area contributed by atoms with E-state index in [9.17, 15) is 4.79 Å². The van der Waals surface area contributed by atoms with Crippen LogP contribution in [0.3, 0.4) is 0 Å². The predicted molar refractivity (Wildman–Crippen MR) is 75.8 cm³/mol. The van der Waals surface area contributed by atoms with Crippen LogP contribution in [0.1, 0.15) is 0 Å². The van der Waals surface area contributed by atoms with Crippen LogP contribution in [0, 0.1) is 0 Å². The number of anilines is 1. The van der Waals surface area contributed by atoms with E-state index in [4.69, 9.17) is 15.2 Å². The highest BCUT2D eigenvalue weighted by Crippen LogP contribution is 2.32. The highest BCUT2D eigenvalue weighted by atomic mass is 16.5. The standard InChI is InChI=1S/C14H16N2O3/c1-4-7-19-13-12(18-3)10-6-5-9(15)8-11(10)16(2)14(13)17/h4-6,8H,1,7,15H2,2-3H3. The number of benzene rings is 1. The van der Waals surface area contributed by atoms with Crippen molar-refractivity contribution in [2.45, 2.75) is 0 Å². The summed E-state index contributed by atoms with van der Waals surface area (Å²) in [5.74, 6) is 0.599. The summed E-state index contributed by atoms with van der Waals surface area (Å²) in [5, 5.41) is 0.776. The average Bonchev–Trinajstić information content (AvgIpc) is 2.41. The van der Waals surface area contributed by atoms with Gasteiger partial charge in [0.25, 0.3) is 5.56 Å². The van der Waals surface area contributed by atoms with Crippen molar-refractivity contribution in [2.75, 3.05) is 19.5 Å². The normalized spacial score (nSPS) is 10.4. The maximum Gasteiger partial charge on any atom is 0.297 e. The molecule has 0 aliphatic heterocycles. The fraction of sp³-hybridized carbons (Fsp3) is 0.214. The lowest BCUT2D eigenvalue weighted by Gasteiger charge is -2.14. The molecule has 2 aromatic rings. The van der Waals surface area contributed by atoms with E-state index in [1.165, 1.54) is 11.7 Å². The van der Waals surface area contributed by atoms with Crippen LogP contribution in [-0.4, -0.2) is 18.3 Å². The Bertz CT molecular complexity index is 689. The summed E-state index contributed by atoms with van der Waals surface area (Å²) >= 11 is 0. The van der Waals surface area contributed by atoms with E-state index in [1.54, 1.807) is 25.3 Å². The Balaban J connectivity index is 2.82. The minimum absolute atomic E-state index is 0.183. The van der Waals surface area contributed by atoms with Crippen molar-refractivity contribution >= 4 is 16.6 Å². The molecule has 0 spiro atoms. The number of nitrogen functional groups attached to an aromatic ring is 1. The molecule has 0 saturated carbocycles. The maximum absolute atomic E-state index is 12.3. The van der Waals surface area contributed by atoms with Crippen molar-refractivity contribution in [3.63, 3.8) is 0 Å². The van der Waals surface area contributed by atoms with Gasteiger partial charge in [-0.05, 0) is 18.2 Å². The fourth-order valence-corrected chi connectivity index (χ4v) is 1.97. The zero-order chi connectivity index (χ0) is 14.0. The van der Waals surface area contributed by atoms with Gasteiger partial charge in [-0.3, -0.25) is 4.79 Å². The van der Waals surface area contributed by atoms with Gasteiger partial charge in [0.15, 0.2) is 5.75 Å². The molecule has 0 radical (unpaired) electrons. The lowest BCUT2D eigenvalue weighted by atomic mass is 10.1. The quantitative estimate of drug-likeness (QED) is 0.671. The zero-order valence-electron chi connectivity index (χ0n) is 11.0. The van der Waals surface area contributed by atoms with Crippen LogP contribution in [0.5, 0.6) is 11.5 Å². The lowest BCUT2D eigenvalue weighted by molar-refractivity contribution is 0.322. The van der Waals surface area contributed by atoms with E-state index < -0.39 is 0 Å². The Morgan fingerprint density at radius 2 is 2.16 bits per heavy atom. The van der Waals surface area contributed by atoms with Crippen LogP contribution in [-0.2, 0) is 7.05 Å². The van der Waals surface area contributed by atoms with E-state index in [0.29, 0.717) is 17.0 Å². The molecule has 1 aromatic heterocycles. The lowest BCUT2D eigenvalue weighted by Crippen LogP contribution is -2.21. The molecule has 5 nitrogen and oxygen atoms in total. The fourth-order valence-electron chi connectivity index (χ4n) is 1.97. The molecular weight excluding hydrogens is 244 g/mol. The Labute approximate surface area is 110 Å². The highest BCUT2D eigenvalue weighted by Gasteiger charge is 2.17. The number of hydrogen-bond donors (Lipinski definition) is 1. The molecule has 0 amide bonds. The minimum Gasteiger partial charge on any atom is -0.492 e. The molecule has 0 atom stereocenters. The SMILES string of the molecule is C=CCOc1c(OC)c2ccc(N)cc2n(C)c1=O. The topological polar surface area (TPSA) is 66.5 Å². The van der Waals surface area contributed by atoms with Crippen LogP contribution >= 0.6 is 0 Å². The van der Waals surface area contributed by atoms with E-state index >= 15 is 0 Å². The molecule has 0 fully saturated rings. The average molecular weight is 260 g/mol. The van der Waals surface area contributed by atoms with E-state index in [-0.39, 0.29) is 17.9 Å². The van der Waals surface area contributed by atoms with Gasteiger partial charge in [-0.1, -0.05) is 12.7 Å². The molecule has 5 heteroatoms. The number of fused-ring (bicyclic) bond motifs is 1. The minimum atomic E-state index is -0.267. The largest absolute Gasteiger partial charge is 0.492 e. The second-order valence-electron chi connectivity index (χ2n) is 4.10. The summed E-state index contributed by atoms with van der Waals surface area (Å²) in [7, 11) is 3.18. The molecule has 0 aliphatic rings. The molecule has 1 aromatic carbocycles. The molecule has 1 heterocycles. The number of nitrogens with two attached hydrogens (primary N) is 1. The summed E-state index contributed by atoms with van der Waals surface area (Å²) < 4.78 is 12.2. The molecule has 0 saturated heterocycles. The third kappa shape index (κ3) is 2.14. The third-order valence-corrected chi connectivity index (χ3v) is 2.88. The van der Waals surface area contributed by atoms with Gasteiger partial charge < -0.3 is 19.8 Å². The number of methoxy groups -OCH3 is 1. The van der Waals surface area contributed by atoms with Crippen molar-refractivity contribution in [1.29, 1.82) is 0 Å². The van der Waals surface area contributed by atoms with Gasteiger partial charge in [-0.2, -0.15) is 0 Å². The third-order valence-electron chi connectivity index (χ3n) is 2.88. The van der Waals surface area contributed by atoms with Gasteiger partial charge in [0.05, 0.1) is 12.6 Å². The van der Waals surface area contributed by atoms with Crippen LogP contribution in [0.4, 0.5) is 5.69 Å².